The number of Topliss-reactive ketones (excluding diaryl/α,β-unsaturated/α-hetero) is 1. The molecule has 110 valence electrons. The largest absolute Gasteiger partial charge is 0.295 e. The Morgan fingerprint density at radius 2 is 2.00 bits per heavy atom. The van der Waals surface area contributed by atoms with Gasteiger partial charge in [-0.2, -0.15) is 0 Å². The Labute approximate surface area is 132 Å². The number of hydrogen-bond acceptors (Lipinski definition) is 3. The van der Waals surface area contributed by atoms with Gasteiger partial charge in [-0.15, -0.1) is 35.9 Å². The van der Waals surface area contributed by atoms with Crippen molar-refractivity contribution in [3.8, 4) is 12.3 Å². The van der Waals surface area contributed by atoms with Crippen LogP contribution in [0.2, 0.25) is 19.6 Å². The Balaban J connectivity index is 2.24. The number of allylic oxidation sites excluding steroid dienone is 2. The van der Waals surface area contributed by atoms with Crippen LogP contribution >= 0.6 is 23.5 Å². The lowest BCUT2D eigenvalue weighted by atomic mass is 9.82. The normalized spacial score (nSPS) is 28.9. The van der Waals surface area contributed by atoms with Crippen molar-refractivity contribution in [2.24, 2.45) is 11.8 Å². The van der Waals surface area contributed by atoms with E-state index in [0.717, 1.165) is 11.6 Å². The average Bonchev–Trinajstić information content (AvgIpc) is 2.40. The van der Waals surface area contributed by atoms with E-state index in [9.17, 15) is 4.79 Å². The fourth-order valence-corrected chi connectivity index (χ4v) is 7.95. The Kier molecular flexibility index (Phi) is 5.50. The van der Waals surface area contributed by atoms with Gasteiger partial charge in [-0.05, 0) is 35.0 Å². The van der Waals surface area contributed by atoms with Crippen molar-refractivity contribution in [1.29, 1.82) is 0 Å². The summed E-state index contributed by atoms with van der Waals surface area (Å²) in [5.74, 6) is 6.54. The standard InChI is InChI=1S/C16H24OS2Si/c1-5-7-12-10-15(20(2,3)4)14(17)11-13(12)16-18-8-6-9-19-16/h1,10,12-13,16H,6-9,11H2,2-4H3/t12-,13-/m1/s1. The quantitative estimate of drug-likeness (QED) is 0.572. The number of rotatable bonds is 3. The van der Waals surface area contributed by atoms with Crippen LogP contribution in [-0.4, -0.2) is 29.9 Å². The van der Waals surface area contributed by atoms with E-state index in [1.54, 1.807) is 0 Å². The molecule has 1 saturated heterocycles. The third-order valence-electron chi connectivity index (χ3n) is 4.02. The molecule has 0 aromatic carbocycles. The SMILES string of the molecule is C#CC[C@@H]1C=C([Si](C)(C)C)C(=O)C[C@H]1C1SCCCS1. The van der Waals surface area contributed by atoms with Crippen LogP contribution in [-0.2, 0) is 4.79 Å². The van der Waals surface area contributed by atoms with Crippen LogP contribution in [0.3, 0.4) is 0 Å². The molecule has 1 nitrogen and oxygen atoms in total. The van der Waals surface area contributed by atoms with Crippen LogP contribution in [0.4, 0.5) is 0 Å². The van der Waals surface area contributed by atoms with E-state index < -0.39 is 8.07 Å². The smallest absolute Gasteiger partial charge is 0.154 e. The summed E-state index contributed by atoms with van der Waals surface area (Å²) in [4.78, 5) is 12.5. The van der Waals surface area contributed by atoms with Gasteiger partial charge in [0.2, 0.25) is 0 Å². The molecule has 2 rings (SSSR count). The highest BCUT2D eigenvalue weighted by molar-refractivity contribution is 8.17. The third-order valence-corrected chi connectivity index (χ3v) is 9.30. The van der Waals surface area contributed by atoms with Gasteiger partial charge in [-0.1, -0.05) is 25.7 Å². The molecule has 0 bridgehead atoms. The predicted molar refractivity (Wildman–Crippen MR) is 94.8 cm³/mol. The van der Waals surface area contributed by atoms with Crippen molar-refractivity contribution in [3.05, 3.63) is 11.3 Å². The van der Waals surface area contributed by atoms with Crippen molar-refractivity contribution in [2.75, 3.05) is 11.5 Å². The van der Waals surface area contributed by atoms with Crippen LogP contribution in [0.15, 0.2) is 11.3 Å². The maximum atomic E-state index is 12.5. The fourth-order valence-electron chi connectivity index (χ4n) is 2.97. The number of hydrogen-bond donors (Lipinski definition) is 0. The third kappa shape index (κ3) is 3.75. The Hall–Kier alpha value is -0.113. The summed E-state index contributed by atoms with van der Waals surface area (Å²) in [6.07, 6.45) is 10.6. The maximum absolute atomic E-state index is 12.5. The van der Waals surface area contributed by atoms with E-state index in [2.05, 4.69) is 31.6 Å². The van der Waals surface area contributed by atoms with Crippen LogP contribution in [0.1, 0.15) is 19.3 Å². The van der Waals surface area contributed by atoms with Gasteiger partial charge in [-0.3, -0.25) is 4.79 Å². The molecule has 0 unspecified atom stereocenters. The summed E-state index contributed by atoms with van der Waals surface area (Å²) in [7, 11) is -1.54. The second-order valence-corrected chi connectivity index (χ2v) is 14.5. The first-order valence-electron chi connectivity index (χ1n) is 7.35. The van der Waals surface area contributed by atoms with E-state index >= 15 is 0 Å². The first-order chi connectivity index (χ1) is 9.43. The molecular weight excluding hydrogens is 300 g/mol. The zero-order valence-electron chi connectivity index (χ0n) is 12.6. The van der Waals surface area contributed by atoms with E-state index in [1.165, 1.54) is 17.9 Å². The van der Waals surface area contributed by atoms with E-state index in [0.29, 0.717) is 28.6 Å². The zero-order valence-corrected chi connectivity index (χ0v) is 15.3. The molecule has 1 aliphatic heterocycles. The van der Waals surface area contributed by atoms with Crippen LogP contribution < -0.4 is 0 Å². The first-order valence-corrected chi connectivity index (χ1v) is 13.0. The molecule has 2 aliphatic rings. The second kappa shape index (κ2) is 6.77. The number of thioether (sulfide) groups is 2. The van der Waals surface area contributed by atoms with Crippen LogP contribution in [0.5, 0.6) is 0 Å². The average molecular weight is 325 g/mol. The van der Waals surface area contributed by atoms with Gasteiger partial charge in [-0.25, -0.2) is 0 Å². The monoisotopic (exact) mass is 324 g/mol. The van der Waals surface area contributed by atoms with E-state index in [4.69, 9.17) is 6.42 Å². The van der Waals surface area contributed by atoms with Crippen molar-refractivity contribution in [1.82, 2.24) is 0 Å². The Morgan fingerprint density at radius 3 is 2.55 bits per heavy atom. The zero-order chi connectivity index (χ0) is 14.8. The molecule has 0 aromatic heterocycles. The summed E-state index contributed by atoms with van der Waals surface area (Å²) in [6.45, 7) is 6.77. The van der Waals surface area contributed by atoms with Crippen molar-refractivity contribution >= 4 is 37.4 Å². The minimum atomic E-state index is -1.54. The molecule has 1 aliphatic carbocycles. The van der Waals surface area contributed by atoms with Gasteiger partial charge in [0.05, 0.1) is 12.7 Å². The topological polar surface area (TPSA) is 17.1 Å². The Bertz CT molecular complexity index is 438. The summed E-state index contributed by atoms with van der Waals surface area (Å²) >= 11 is 4.07. The van der Waals surface area contributed by atoms with Gasteiger partial charge in [0.25, 0.3) is 0 Å². The highest BCUT2D eigenvalue weighted by atomic mass is 32.2. The van der Waals surface area contributed by atoms with Gasteiger partial charge < -0.3 is 0 Å². The molecule has 0 saturated carbocycles. The highest BCUT2D eigenvalue weighted by Crippen LogP contribution is 2.45. The number of carbonyl (C=O) groups is 1. The van der Waals surface area contributed by atoms with E-state index in [-0.39, 0.29) is 0 Å². The summed E-state index contributed by atoms with van der Waals surface area (Å²) < 4.78 is 0.561. The molecule has 2 atom stereocenters. The molecule has 0 amide bonds. The lowest BCUT2D eigenvalue weighted by Crippen LogP contribution is -2.38. The van der Waals surface area contributed by atoms with Crippen LogP contribution in [0, 0.1) is 24.2 Å². The van der Waals surface area contributed by atoms with Crippen molar-refractivity contribution < 1.29 is 4.79 Å². The predicted octanol–water partition coefficient (Wildman–Crippen LogP) is 4.21. The minimum absolute atomic E-state index is 0.397. The minimum Gasteiger partial charge on any atom is -0.295 e. The number of terminal acetylenes is 1. The fraction of sp³-hybridized carbons (Fsp3) is 0.688. The maximum Gasteiger partial charge on any atom is 0.154 e. The van der Waals surface area contributed by atoms with Crippen LogP contribution in [0.25, 0.3) is 0 Å². The second-order valence-electron chi connectivity index (χ2n) is 6.66. The van der Waals surface area contributed by atoms with Gasteiger partial charge in [0.1, 0.15) is 0 Å². The Morgan fingerprint density at radius 1 is 1.35 bits per heavy atom. The number of carbonyl (C=O) groups excluding carboxylic acids is 1. The van der Waals surface area contributed by atoms with Gasteiger partial charge >= 0.3 is 0 Å². The first kappa shape index (κ1) is 16.3. The highest BCUT2D eigenvalue weighted by Gasteiger charge is 2.39. The molecule has 0 radical (unpaired) electrons. The molecule has 0 N–H and O–H groups in total. The summed E-state index contributed by atoms with van der Waals surface area (Å²) in [6, 6.07) is 0. The molecule has 20 heavy (non-hydrogen) atoms. The van der Waals surface area contributed by atoms with Gasteiger partial charge in [0, 0.05) is 12.8 Å². The van der Waals surface area contributed by atoms with Gasteiger partial charge in [0.15, 0.2) is 5.78 Å². The summed E-state index contributed by atoms with van der Waals surface area (Å²) in [5, 5.41) is 1.12. The van der Waals surface area contributed by atoms with Crippen molar-refractivity contribution in [3.63, 3.8) is 0 Å². The molecule has 4 heteroatoms. The lowest BCUT2D eigenvalue weighted by molar-refractivity contribution is -0.116. The molecule has 0 spiro atoms. The molecule has 1 heterocycles. The number of ketones is 1. The lowest BCUT2D eigenvalue weighted by Gasteiger charge is -2.38. The summed E-state index contributed by atoms with van der Waals surface area (Å²) in [5.41, 5.74) is 0. The molecule has 0 aromatic rings. The van der Waals surface area contributed by atoms with E-state index in [1.807, 2.05) is 23.5 Å². The molecule has 1 fully saturated rings. The van der Waals surface area contributed by atoms with Crippen molar-refractivity contribution in [2.45, 2.75) is 43.5 Å². The molecular formula is C16H24OS2Si.